The van der Waals surface area contributed by atoms with Crippen molar-refractivity contribution in [3.8, 4) is 39.5 Å². The molecule has 1 aliphatic rings. The van der Waals surface area contributed by atoms with E-state index < -0.39 is 0 Å². The summed E-state index contributed by atoms with van der Waals surface area (Å²) < 4.78 is 8.82. The maximum Gasteiger partial charge on any atom is 0.231 e. The number of aromatic nitrogens is 3. The number of para-hydroxylation sites is 3. The van der Waals surface area contributed by atoms with Crippen LogP contribution in [0.4, 0.5) is 0 Å². The largest absolute Gasteiger partial charge is 0.438 e. The van der Waals surface area contributed by atoms with Gasteiger partial charge in [0.2, 0.25) is 5.71 Å². The molecule has 0 spiro atoms. The van der Waals surface area contributed by atoms with Gasteiger partial charge in [-0.25, -0.2) is 4.98 Å². The lowest BCUT2D eigenvalue weighted by molar-refractivity contribution is 0.653. The van der Waals surface area contributed by atoms with Gasteiger partial charge in [-0.2, -0.15) is 4.98 Å². The molecule has 0 saturated carbocycles. The SMILES string of the molecule is CC1(C)c2ccccc2-c2cc3c(cc21)c1ccccc1n3-c1ccccc1-c1nc(-c2ccccc2)nc2oc3ccccc3c12. The molecule has 0 fully saturated rings. The van der Waals surface area contributed by atoms with E-state index in [0.717, 1.165) is 44.4 Å². The minimum absolute atomic E-state index is 0.0794. The monoisotopic (exact) mass is 603 g/mol. The van der Waals surface area contributed by atoms with Crippen molar-refractivity contribution in [3.05, 3.63) is 151 Å². The second-order valence-corrected chi connectivity index (χ2v) is 13.0. The van der Waals surface area contributed by atoms with Crippen LogP contribution in [0, 0.1) is 0 Å². The maximum absolute atomic E-state index is 6.39. The Bertz CT molecular complexity index is 2710. The molecule has 0 radical (unpaired) electrons. The zero-order valence-electron chi connectivity index (χ0n) is 26.0. The van der Waals surface area contributed by atoms with Crippen molar-refractivity contribution in [2.75, 3.05) is 0 Å². The van der Waals surface area contributed by atoms with Crippen LogP contribution < -0.4 is 0 Å². The number of benzene rings is 6. The highest BCUT2D eigenvalue weighted by molar-refractivity contribution is 6.14. The Kier molecular flexibility index (Phi) is 5.31. The molecule has 0 atom stereocenters. The molecule has 3 aromatic heterocycles. The first kappa shape index (κ1) is 26.2. The highest BCUT2D eigenvalue weighted by atomic mass is 16.3. The molecule has 4 heteroatoms. The van der Waals surface area contributed by atoms with Crippen LogP contribution in [0.15, 0.2) is 144 Å². The van der Waals surface area contributed by atoms with Crippen LogP contribution in [0.5, 0.6) is 0 Å². The minimum Gasteiger partial charge on any atom is -0.438 e. The normalized spacial score (nSPS) is 13.5. The topological polar surface area (TPSA) is 43.9 Å². The summed E-state index contributed by atoms with van der Waals surface area (Å²) in [6.07, 6.45) is 0. The third-order valence-corrected chi connectivity index (χ3v) is 10.0. The molecule has 47 heavy (non-hydrogen) atoms. The lowest BCUT2D eigenvalue weighted by Crippen LogP contribution is -2.14. The fourth-order valence-electron chi connectivity index (χ4n) is 7.83. The van der Waals surface area contributed by atoms with Gasteiger partial charge in [0, 0.05) is 32.7 Å². The fourth-order valence-corrected chi connectivity index (χ4v) is 7.83. The van der Waals surface area contributed by atoms with E-state index in [1.54, 1.807) is 0 Å². The van der Waals surface area contributed by atoms with Gasteiger partial charge in [0.15, 0.2) is 5.82 Å². The third kappa shape index (κ3) is 3.64. The highest BCUT2D eigenvalue weighted by Gasteiger charge is 2.36. The maximum atomic E-state index is 6.39. The van der Waals surface area contributed by atoms with Crippen molar-refractivity contribution in [2.24, 2.45) is 0 Å². The Morgan fingerprint density at radius 3 is 2.13 bits per heavy atom. The minimum atomic E-state index is -0.0794. The van der Waals surface area contributed by atoms with E-state index in [0.29, 0.717) is 11.5 Å². The summed E-state index contributed by atoms with van der Waals surface area (Å²) in [5, 5.41) is 4.41. The van der Waals surface area contributed by atoms with Crippen LogP contribution in [-0.4, -0.2) is 14.5 Å². The van der Waals surface area contributed by atoms with Gasteiger partial charge >= 0.3 is 0 Å². The van der Waals surface area contributed by atoms with Crippen LogP contribution in [-0.2, 0) is 5.41 Å². The first-order valence-electron chi connectivity index (χ1n) is 16.1. The summed E-state index contributed by atoms with van der Waals surface area (Å²) >= 11 is 0. The Balaban J connectivity index is 1.32. The fraction of sp³-hybridized carbons (Fsp3) is 0.0698. The second kappa shape index (κ2) is 9.51. The van der Waals surface area contributed by atoms with Crippen LogP contribution >= 0.6 is 0 Å². The predicted molar refractivity (Wildman–Crippen MR) is 192 cm³/mol. The molecular weight excluding hydrogens is 574 g/mol. The molecule has 10 rings (SSSR count). The van der Waals surface area contributed by atoms with Crippen molar-refractivity contribution in [1.82, 2.24) is 14.5 Å². The lowest BCUT2D eigenvalue weighted by Gasteiger charge is -2.21. The summed E-state index contributed by atoms with van der Waals surface area (Å²) in [7, 11) is 0. The van der Waals surface area contributed by atoms with Gasteiger partial charge in [-0.1, -0.05) is 123 Å². The molecule has 3 heterocycles. The Hall–Kier alpha value is -6.00. The molecule has 0 N–H and O–H groups in total. The quantitative estimate of drug-likeness (QED) is 0.202. The van der Waals surface area contributed by atoms with Crippen LogP contribution in [0.3, 0.4) is 0 Å². The van der Waals surface area contributed by atoms with Crippen molar-refractivity contribution in [2.45, 2.75) is 19.3 Å². The molecule has 6 aromatic carbocycles. The van der Waals surface area contributed by atoms with Gasteiger partial charge < -0.3 is 8.98 Å². The summed E-state index contributed by atoms with van der Waals surface area (Å²) in [6, 6.07) is 49.4. The van der Waals surface area contributed by atoms with Crippen LogP contribution in [0.2, 0.25) is 0 Å². The summed E-state index contributed by atoms with van der Waals surface area (Å²) in [6.45, 7) is 4.69. The molecular formula is C43H29N3O. The summed E-state index contributed by atoms with van der Waals surface area (Å²) in [4.78, 5) is 10.3. The van der Waals surface area contributed by atoms with Gasteiger partial charge in [0.05, 0.1) is 27.8 Å². The molecule has 0 aliphatic heterocycles. The molecule has 0 amide bonds. The molecule has 222 valence electrons. The van der Waals surface area contributed by atoms with Gasteiger partial charge in [-0.15, -0.1) is 0 Å². The molecule has 0 saturated heterocycles. The first-order chi connectivity index (χ1) is 23.1. The second-order valence-electron chi connectivity index (χ2n) is 13.0. The number of furan rings is 1. The molecule has 4 nitrogen and oxygen atoms in total. The van der Waals surface area contributed by atoms with Crippen molar-refractivity contribution >= 4 is 43.9 Å². The van der Waals surface area contributed by atoms with E-state index >= 15 is 0 Å². The van der Waals surface area contributed by atoms with Crippen molar-refractivity contribution in [1.29, 1.82) is 0 Å². The van der Waals surface area contributed by atoms with E-state index in [4.69, 9.17) is 14.4 Å². The lowest BCUT2D eigenvalue weighted by atomic mass is 9.82. The number of hydrogen-bond acceptors (Lipinski definition) is 3. The number of nitrogens with zero attached hydrogens (tertiary/aromatic N) is 3. The van der Waals surface area contributed by atoms with E-state index in [-0.39, 0.29) is 5.41 Å². The Morgan fingerprint density at radius 1 is 0.553 bits per heavy atom. The zero-order valence-corrected chi connectivity index (χ0v) is 26.0. The first-order valence-corrected chi connectivity index (χ1v) is 16.1. The number of hydrogen-bond donors (Lipinski definition) is 0. The Morgan fingerprint density at radius 2 is 1.26 bits per heavy atom. The summed E-state index contributed by atoms with van der Waals surface area (Å²) in [5.41, 5.74) is 12.9. The van der Waals surface area contributed by atoms with E-state index in [1.807, 2.05) is 48.5 Å². The van der Waals surface area contributed by atoms with Crippen molar-refractivity contribution < 1.29 is 4.42 Å². The third-order valence-electron chi connectivity index (χ3n) is 10.0. The predicted octanol–water partition coefficient (Wildman–Crippen LogP) is 11.1. The number of fused-ring (bicyclic) bond motifs is 9. The van der Waals surface area contributed by atoms with Crippen LogP contribution in [0.25, 0.3) is 83.3 Å². The van der Waals surface area contributed by atoms with Crippen LogP contribution in [0.1, 0.15) is 25.0 Å². The Labute approximate surface area is 271 Å². The standard InChI is InChI=1S/C43H29N3O/c1-43(2)33-20-10-6-16-27(33)31-25-37-32(24-34(31)43)28-17-7-11-21-35(28)46(37)36-22-12-8-18-29(36)40-39-30-19-9-13-23-38(30)47-42(39)45-41(44-40)26-14-4-3-5-15-26/h3-25H,1-2H3. The number of rotatable bonds is 3. The highest BCUT2D eigenvalue weighted by Crippen LogP contribution is 2.51. The van der Waals surface area contributed by atoms with E-state index in [1.165, 1.54) is 38.5 Å². The van der Waals surface area contributed by atoms with E-state index in [9.17, 15) is 0 Å². The molecule has 9 aromatic rings. The smallest absolute Gasteiger partial charge is 0.231 e. The zero-order chi connectivity index (χ0) is 31.3. The van der Waals surface area contributed by atoms with Gasteiger partial charge in [0.1, 0.15) is 5.58 Å². The van der Waals surface area contributed by atoms with Gasteiger partial charge in [-0.05, 0) is 52.6 Å². The van der Waals surface area contributed by atoms with Gasteiger partial charge in [0.25, 0.3) is 0 Å². The van der Waals surface area contributed by atoms with E-state index in [2.05, 4.69) is 109 Å². The van der Waals surface area contributed by atoms with Crippen molar-refractivity contribution in [3.63, 3.8) is 0 Å². The summed E-state index contributed by atoms with van der Waals surface area (Å²) in [5.74, 6) is 0.640. The average Bonchev–Trinajstić information content (AvgIpc) is 3.73. The molecule has 1 aliphatic carbocycles. The molecule has 0 unspecified atom stereocenters. The average molecular weight is 604 g/mol. The molecule has 0 bridgehead atoms. The van der Waals surface area contributed by atoms with Gasteiger partial charge in [-0.3, -0.25) is 0 Å².